The Kier molecular flexibility index (Phi) is 16.7. The van der Waals surface area contributed by atoms with Crippen LogP contribution in [0.4, 0.5) is 17.6 Å². The lowest BCUT2D eigenvalue weighted by molar-refractivity contribution is -0.149. The number of nitrogens with zero attached hydrogens (tertiary/aromatic N) is 1. The van der Waals surface area contributed by atoms with E-state index in [9.17, 15) is 32.6 Å². The van der Waals surface area contributed by atoms with Gasteiger partial charge in [-0.25, -0.2) is 22.5 Å². The topological polar surface area (TPSA) is 104 Å². The summed E-state index contributed by atoms with van der Waals surface area (Å²) in [6, 6.07) is 20.2. The van der Waals surface area contributed by atoms with Gasteiger partial charge >= 0.3 is 5.97 Å². The van der Waals surface area contributed by atoms with Crippen LogP contribution in [0, 0.1) is 29.2 Å². The first-order chi connectivity index (χ1) is 29.4. The maximum absolute atomic E-state index is 13.7. The fraction of sp³-hybridized carbons (Fsp3) is 0.429. The van der Waals surface area contributed by atoms with Crippen LogP contribution in [-0.2, 0) is 48.1 Å². The molecule has 2 aliphatic carbocycles. The summed E-state index contributed by atoms with van der Waals surface area (Å²) in [5.74, 6) is -4.51. The third-order valence-electron chi connectivity index (χ3n) is 12.0. The molecule has 0 saturated heterocycles. The maximum atomic E-state index is 13.7. The van der Waals surface area contributed by atoms with Crippen molar-refractivity contribution in [2.45, 2.75) is 108 Å². The van der Waals surface area contributed by atoms with E-state index in [0.29, 0.717) is 24.1 Å². The molecule has 5 aromatic rings. The number of methoxy groups -OCH3 is 1. The molecule has 326 valence electrons. The molecule has 0 saturated carbocycles. The number of rotatable bonds is 16. The molecular weight excluding hydrogens is 803 g/mol. The lowest BCUT2D eigenvalue weighted by Gasteiger charge is -2.29. The van der Waals surface area contributed by atoms with E-state index in [-0.39, 0.29) is 31.0 Å². The lowest BCUT2D eigenvalue weighted by Crippen LogP contribution is -2.40. The highest BCUT2D eigenvalue weighted by Gasteiger charge is 2.31. The van der Waals surface area contributed by atoms with Gasteiger partial charge in [0, 0.05) is 54.8 Å². The van der Waals surface area contributed by atoms with Crippen molar-refractivity contribution >= 4 is 17.3 Å². The average molecular weight is 860 g/mol. The SMILES string of the molecule is CCc1ccc2c(c1)C(NCC(O)C(Cc1cc(F)cc(F)c1)C(=O)OC)CCC2.CCc1ccc2c(c1)C(NCC(O)C(Cc1cc(F)cc(F)c1)c1nccs1)CCC2. The second kappa shape index (κ2) is 22.1. The molecular formula is C49H57F4N3O4S. The predicted octanol–water partition coefficient (Wildman–Crippen LogP) is 9.23. The number of hydrogen-bond acceptors (Lipinski definition) is 8. The summed E-state index contributed by atoms with van der Waals surface area (Å²) in [5, 5.41) is 31.4. The summed E-state index contributed by atoms with van der Waals surface area (Å²) in [7, 11) is 1.24. The Bertz CT molecular complexity index is 2160. The molecule has 6 atom stereocenters. The Morgan fingerprint density at radius 1 is 0.721 bits per heavy atom. The lowest BCUT2D eigenvalue weighted by atomic mass is 9.86. The number of nitrogens with one attached hydrogen (secondary N) is 2. The number of esters is 1. The smallest absolute Gasteiger partial charge is 0.311 e. The van der Waals surface area contributed by atoms with E-state index in [0.717, 1.165) is 68.5 Å². The zero-order valence-corrected chi connectivity index (χ0v) is 35.9. The number of aliphatic hydroxyl groups is 2. The van der Waals surface area contributed by atoms with Gasteiger partial charge in [-0.3, -0.25) is 4.79 Å². The van der Waals surface area contributed by atoms with Crippen molar-refractivity contribution in [3.63, 3.8) is 0 Å². The van der Waals surface area contributed by atoms with Gasteiger partial charge in [-0.2, -0.15) is 0 Å². The first-order valence-electron chi connectivity index (χ1n) is 21.4. The molecule has 6 unspecified atom stereocenters. The van der Waals surface area contributed by atoms with Gasteiger partial charge in [-0.15, -0.1) is 11.3 Å². The summed E-state index contributed by atoms with van der Waals surface area (Å²) < 4.78 is 59.3. The molecule has 0 spiro atoms. The molecule has 0 radical (unpaired) electrons. The molecule has 7 rings (SSSR count). The minimum absolute atomic E-state index is 0.00850. The van der Waals surface area contributed by atoms with Crippen molar-refractivity contribution in [2.24, 2.45) is 5.92 Å². The van der Waals surface area contributed by atoms with E-state index >= 15 is 0 Å². The number of aromatic nitrogens is 1. The van der Waals surface area contributed by atoms with E-state index < -0.39 is 47.4 Å². The van der Waals surface area contributed by atoms with E-state index in [1.165, 1.54) is 76.1 Å². The molecule has 4 N–H and O–H groups in total. The number of fused-ring (bicyclic) bond motifs is 2. The number of thiazole rings is 1. The fourth-order valence-electron chi connectivity index (χ4n) is 8.67. The van der Waals surface area contributed by atoms with Gasteiger partial charge in [0.25, 0.3) is 0 Å². The second-order valence-corrected chi connectivity index (χ2v) is 17.1. The predicted molar refractivity (Wildman–Crippen MR) is 232 cm³/mol. The van der Waals surface area contributed by atoms with Crippen LogP contribution in [0.2, 0.25) is 0 Å². The zero-order valence-electron chi connectivity index (χ0n) is 35.1. The molecule has 0 fully saturated rings. The molecule has 7 nitrogen and oxygen atoms in total. The van der Waals surface area contributed by atoms with E-state index in [1.54, 1.807) is 6.20 Å². The van der Waals surface area contributed by atoms with Crippen LogP contribution in [0.25, 0.3) is 0 Å². The Morgan fingerprint density at radius 2 is 1.21 bits per heavy atom. The highest BCUT2D eigenvalue weighted by Crippen LogP contribution is 2.33. The number of aliphatic hydroxyl groups excluding tert-OH is 2. The van der Waals surface area contributed by atoms with Crippen molar-refractivity contribution in [3.05, 3.63) is 157 Å². The summed E-state index contributed by atoms with van der Waals surface area (Å²) >= 11 is 1.46. The van der Waals surface area contributed by atoms with Crippen LogP contribution in [0.1, 0.15) is 107 Å². The number of halogens is 4. The quantitative estimate of drug-likeness (QED) is 0.0580. The molecule has 61 heavy (non-hydrogen) atoms. The Labute approximate surface area is 360 Å². The van der Waals surface area contributed by atoms with Crippen LogP contribution in [0.5, 0.6) is 0 Å². The van der Waals surface area contributed by atoms with Gasteiger partial charge < -0.3 is 25.6 Å². The van der Waals surface area contributed by atoms with Crippen LogP contribution >= 0.6 is 11.3 Å². The van der Waals surface area contributed by atoms with Crippen molar-refractivity contribution in [1.29, 1.82) is 0 Å². The van der Waals surface area contributed by atoms with Gasteiger partial charge in [-0.1, -0.05) is 50.2 Å². The normalized spacial score (nSPS) is 17.9. The fourth-order valence-corrected chi connectivity index (χ4v) is 9.47. The Hall–Kier alpha value is -4.46. The summed E-state index contributed by atoms with van der Waals surface area (Å²) in [5.41, 5.74) is 8.67. The molecule has 1 heterocycles. The van der Waals surface area contributed by atoms with Gasteiger partial charge in [0.15, 0.2) is 0 Å². The van der Waals surface area contributed by atoms with Gasteiger partial charge in [0.1, 0.15) is 23.3 Å². The third kappa shape index (κ3) is 12.6. The first-order valence-corrected chi connectivity index (χ1v) is 22.3. The number of aryl methyl sites for hydroxylation is 4. The third-order valence-corrected chi connectivity index (χ3v) is 12.9. The van der Waals surface area contributed by atoms with Crippen LogP contribution in [0.15, 0.2) is 84.4 Å². The van der Waals surface area contributed by atoms with Crippen molar-refractivity contribution in [3.8, 4) is 0 Å². The van der Waals surface area contributed by atoms with Crippen LogP contribution in [-0.4, -0.2) is 53.6 Å². The molecule has 12 heteroatoms. The van der Waals surface area contributed by atoms with Gasteiger partial charge in [0.2, 0.25) is 0 Å². The molecule has 4 aromatic carbocycles. The van der Waals surface area contributed by atoms with Crippen molar-refractivity contribution in [1.82, 2.24) is 15.6 Å². The zero-order chi connectivity index (χ0) is 43.5. The Balaban J connectivity index is 0.000000204. The number of hydrogen-bond donors (Lipinski definition) is 4. The van der Waals surface area contributed by atoms with E-state index in [1.807, 2.05) is 5.38 Å². The number of carbonyl (C=O) groups excluding carboxylic acids is 1. The molecule has 2 aliphatic rings. The summed E-state index contributed by atoms with van der Waals surface area (Å²) in [6.07, 6.45) is 8.47. The van der Waals surface area contributed by atoms with Crippen LogP contribution < -0.4 is 10.6 Å². The molecule has 0 aliphatic heterocycles. The van der Waals surface area contributed by atoms with Gasteiger partial charge in [-0.05, 0) is 133 Å². The standard InChI is InChI=1S/C25H28F2N2OS.C24H29F2NO3/c1-2-16-6-7-18-4-3-5-23(21(18)12-16)29-15-24(30)22(25-28-8-9-31-25)13-17-10-19(26)14-20(27)11-17;1-3-15-7-8-17-5-4-6-22(20(17)11-15)27-14-23(28)21(24(29)30-2)12-16-9-18(25)13-19(26)10-16/h6-12,14,22-24,29-30H,2-5,13,15H2,1H3;7-11,13,21-23,27-28H,3-6,12,14H2,1-2H3. The monoisotopic (exact) mass is 859 g/mol. The second-order valence-electron chi connectivity index (χ2n) is 16.2. The Morgan fingerprint density at radius 3 is 1.67 bits per heavy atom. The minimum Gasteiger partial charge on any atom is -0.469 e. The van der Waals surface area contributed by atoms with Gasteiger partial charge in [0.05, 0.1) is 30.2 Å². The summed E-state index contributed by atoms with van der Waals surface area (Å²) in [4.78, 5) is 16.6. The van der Waals surface area contributed by atoms with E-state index in [2.05, 4.69) is 65.9 Å². The first kappa shape index (κ1) is 46.1. The molecule has 0 bridgehead atoms. The number of carbonyl (C=O) groups is 1. The van der Waals surface area contributed by atoms with Crippen molar-refractivity contribution in [2.75, 3.05) is 20.2 Å². The van der Waals surface area contributed by atoms with Crippen molar-refractivity contribution < 1.29 is 37.3 Å². The highest BCUT2D eigenvalue weighted by molar-refractivity contribution is 7.09. The number of ether oxygens (including phenoxy) is 1. The maximum Gasteiger partial charge on any atom is 0.311 e. The number of benzene rings is 4. The highest BCUT2D eigenvalue weighted by atomic mass is 32.1. The summed E-state index contributed by atoms with van der Waals surface area (Å²) in [6.45, 7) is 4.85. The van der Waals surface area contributed by atoms with Crippen LogP contribution in [0.3, 0.4) is 0 Å². The molecule has 1 aromatic heterocycles. The largest absolute Gasteiger partial charge is 0.469 e. The molecule has 0 amide bonds. The van der Waals surface area contributed by atoms with E-state index in [4.69, 9.17) is 4.74 Å². The minimum atomic E-state index is -1.05. The average Bonchev–Trinajstić information content (AvgIpc) is 3.79.